The summed E-state index contributed by atoms with van der Waals surface area (Å²) in [6, 6.07) is 7.67. The van der Waals surface area contributed by atoms with E-state index < -0.39 is 5.60 Å². The first-order valence-electron chi connectivity index (χ1n) is 6.41. The molecule has 0 radical (unpaired) electrons. The van der Waals surface area contributed by atoms with Crippen LogP contribution in [-0.2, 0) is 20.7 Å². The van der Waals surface area contributed by atoms with Crippen LogP contribution in [0.5, 0.6) is 0 Å². The molecule has 0 aliphatic carbocycles. The molecule has 0 atom stereocenters. The molecule has 0 unspecified atom stereocenters. The van der Waals surface area contributed by atoms with Gasteiger partial charge in [-0.05, 0) is 38.8 Å². The van der Waals surface area contributed by atoms with Gasteiger partial charge in [-0.2, -0.15) is 0 Å². The monoisotopic (exact) mass is 284 g/mol. The molecule has 0 saturated carbocycles. The van der Waals surface area contributed by atoms with Crippen LogP contribution < -0.4 is 0 Å². The number of hydrogen-bond acceptors (Lipinski definition) is 3. The van der Waals surface area contributed by atoms with Crippen LogP contribution in [0.4, 0.5) is 0 Å². The van der Waals surface area contributed by atoms with Gasteiger partial charge in [0.1, 0.15) is 5.60 Å². The quantitative estimate of drug-likeness (QED) is 0.591. The van der Waals surface area contributed by atoms with E-state index in [4.69, 9.17) is 21.1 Å². The Bertz CT molecular complexity index is 410. The van der Waals surface area contributed by atoms with Crippen LogP contribution in [-0.4, -0.2) is 24.8 Å². The summed E-state index contributed by atoms with van der Waals surface area (Å²) in [4.78, 5) is 11.4. The molecular formula is C15H21ClO3. The minimum absolute atomic E-state index is 0.231. The van der Waals surface area contributed by atoms with Crippen molar-refractivity contribution in [2.24, 2.45) is 0 Å². The Morgan fingerprint density at radius 3 is 2.53 bits per heavy atom. The van der Waals surface area contributed by atoms with Crippen molar-refractivity contribution in [3.63, 3.8) is 0 Å². The van der Waals surface area contributed by atoms with Gasteiger partial charge in [-0.25, -0.2) is 0 Å². The molecule has 0 fully saturated rings. The third kappa shape index (κ3) is 7.19. The Balaban J connectivity index is 2.15. The Kier molecular flexibility index (Phi) is 6.32. The molecule has 0 bridgehead atoms. The van der Waals surface area contributed by atoms with E-state index in [-0.39, 0.29) is 12.4 Å². The summed E-state index contributed by atoms with van der Waals surface area (Å²) in [7, 11) is 0. The highest BCUT2D eigenvalue weighted by Crippen LogP contribution is 2.15. The number of esters is 1. The van der Waals surface area contributed by atoms with Crippen LogP contribution >= 0.6 is 11.6 Å². The summed E-state index contributed by atoms with van der Waals surface area (Å²) < 4.78 is 10.6. The summed E-state index contributed by atoms with van der Waals surface area (Å²) in [5, 5.41) is 0.748. The molecule has 0 aromatic heterocycles. The summed E-state index contributed by atoms with van der Waals surface area (Å²) in [5.74, 6) is -0.231. The second kappa shape index (κ2) is 7.51. The molecule has 19 heavy (non-hydrogen) atoms. The summed E-state index contributed by atoms with van der Waals surface area (Å²) in [6.45, 7) is 6.47. The van der Waals surface area contributed by atoms with Crippen LogP contribution in [0.1, 0.15) is 32.8 Å². The van der Waals surface area contributed by atoms with Crippen molar-refractivity contribution in [1.29, 1.82) is 0 Å². The lowest BCUT2D eigenvalue weighted by molar-refractivity contribution is -0.156. The van der Waals surface area contributed by atoms with Gasteiger partial charge in [-0.15, -0.1) is 0 Å². The largest absolute Gasteiger partial charge is 0.460 e. The lowest BCUT2D eigenvalue weighted by Gasteiger charge is -2.19. The first-order valence-corrected chi connectivity index (χ1v) is 6.79. The molecule has 0 aliphatic rings. The Morgan fingerprint density at radius 1 is 1.21 bits per heavy atom. The molecule has 0 N–H and O–H groups in total. The van der Waals surface area contributed by atoms with Gasteiger partial charge in [-0.1, -0.05) is 29.8 Å². The third-order valence-corrected chi connectivity index (χ3v) is 2.71. The van der Waals surface area contributed by atoms with Gasteiger partial charge in [-0.3, -0.25) is 4.79 Å². The van der Waals surface area contributed by atoms with E-state index in [0.717, 1.165) is 17.0 Å². The summed E-state index contributed by atoms with van der Waals surface area (Å²) >= 11 is 6.03. The minimum atomic E-state index is -0.436. The Morgan fingerprint density at radius 2 is 1.89 bits per heavy atom. The molecule has 1 rings (SSSR count). The van der Waals surface area contributed by atoms with E-state index in [0.29, 0.717) is 13.2 Å². The van der Waals surface area contributed by atoms with Crippen molar-refractivity contribution in [3.05, 3.63) is 34.9 Å². The van der Waals surface area contributed by atoms with E-state index >= 15 is 0 Å². The molecule has 0 amide bonds. The molecule has 0 saturated heterocycles. The van der Waals surface area contributed by atoms with Gasteiger partial charge in [0.15, 0.2) is 0 Å². The van der Waals surface area contributed by atoms with Gasteiger partial charge in [0.05, 0.1) is 19.6 Å². The first kappa shape index (κ1) is 16.0. The van der Waals surface area contributed by atoms with E-state index in [9.17, 15) is 4.79 Å². The van der Waals surface area contributed by atoms with E-state index in [2.05, 4.69) is 0 Å². The standard InChI is InChI=1S/C15H21ClO3/c1-15(2,3)19-14(17)9-11-18-10-8-12-6-4-5-7-13(12)16/h4-7H,8-11H2,1-3H3. The van der Waals surface area contributed by atoms with E-state index in [1.165, 1.54) is 0 Å². The van der Waals surface area contributed by atoms with Crippen molar-refractivity contribution in [3.8, 4) is 0 Å². The second-order valence-electron chi connectivity index (χ2n) is 5.29. The average molecular weight is 285 g/mol. The normalized spacial score (nSPS) is 11.4. The maximum absolute atomic E-state index is 11.4. The molecule has 4 heteroatoms. The van der Waals surface area contributed by atoms with Gasteiger partial charge in [0.2, 0.25) is 0 Å². The fraction of sp³-hybridized carbons (Fsp3) is 0.533. The zero-order valence-electron chi connectivity index (χ0n) is 11.7. The van der Waals surface area contributed by atoms with Gasteiger partial charge in [0, 0.05) is 5.02 Å². The lowest BCUT2D eigenvalue weighted by atomic mass is 10.2. The van der Waals surface area contributed by atoms with Crippen molar-refractivity contribution >= 4 is 17.6 Å². The number of halogens is 1. The zero-order valence-corrected chi connectivity index (χ0v) is 12.5. The highest BCUT2D eigenvalue weighted by Gasteiger charge is 2.15. The van der Waals surface area contributed by atoms with Crippen LogP contribution in [0, 0.1) is 0 Å². The third-order valence-electron chi connectivity index (χ3n) is 2.34. The average Bonchev–Trinajstić information content (AvgIpc) is 2.28. The maximum Gasteiger partial charge on any atom is 0.308 e. The topological polar surface area (TPSA) is 35.5 Å². The molecule has 1 aromatic rings. The van der Waals surface area contributed by atoms with Crippen molar-refractivity contribution in [2.45, 2.75) is 39.2 Å². The molecule has 1 aromatic carbocycles. The predicted octanol–water partition coefficient (Wildman–Crippen LogP) is 3.63. The first-order chi connectivity index (χ1) is 8.88. The number of rotatable bonds is 6. The number of hydrogen-bond donors (Lipinski definition) is 0. The fourth-order valence-electron chi connectivity index (χ4n) is 1.53. The van der Waals surface area contributed by atoms with Crippen LogP contribution in [0.25, 0.3) is 0 Å². The molecule has 3 nitrogen and oxygen atoms in total. The van der Waals surface area contributed by atoms with Crippen LogP contribution in [0.15, 0.2) is 24.3 Å². The van der Waals surface area contributed by atoms with Gasteiger partial charge < -0.3 is 9.47 Å². The smallest absolute Gasteiger partial charge is 0.308 e. The molecule has 106 valence electrons. The van der Waals surface area contributed by atoms with Crippen LogP contribution in [0.2, 0.25) is 5.02 Å². The Hall–Kier alpha value is -1.06. The molecule has 0 aliphatic heterocycles. The van der Waals surface area contributed by atoms with Gasteiger partial charge in [0.25, 0.3) is 0 Å². The zero-order chi connectivity index (χ0) is 14.3. The van der Waals surface area contributed by atoms with Crippen molar-refractivity contribution in [2.75, 3.05) is 13.2 Å². The number of carbonyl (C=O) groups excluding carboxylic acids is 1. The number of ether oxygens (including phenoxy) is 2. The Labute approximate surface area is 119 Å². The molecular weight excluding hydrogens is 264 g/mol. The van der Waals surface area contributed by atoms with Gasteiger partial charge >= 0.3 is 5.97 Å². The SMILES string of the molecule is CC(C)(C)OC(=O)CCOCCc1ccccc1Cl. The van der Waals surface area contributed by atoms with E-state index in [1.54, 1.807) is 0 Å². The minimum Gasteiger partial charge on any atom is -0.460 e. The lowest BCUT2D eigenvalue weighted by Crippen LogP contribution is -2.24. The summed E-state index contributed by atoms with van der Waals surface area (Å²) in [5.41, 5.74) is 0.621. The second-order valence-corrected chi connectivity index (χ2v) is 5.70. The highest BCUT2D eigenvalue weighted by atomic mass is 35.5. The van der Waals surface area contributed by atoms with Crippen molar-refractivity contribution < 1.29 is 14.3 Å². The fourth-order valence-corrected chi connectivity index (χ4v) is 1.76. The predicted molar refractivity (Wildman–Crippen MR) is 76.4 cm³/mol. The van der Waals surface area contributed by atoms with E-state index in [1.807, 2.05) is 45.0 Å². The van der Waals surface area contributed by atoms with Crippen LogP contribution in [0.3, 0.4) is 0 Å². The molecule has 0 heterocycles. The number of benzene rings is 1. The van der Waals surface area contributed by atoms with Crippen molar-refractivity contribution in [1.82, 2.24) is 0 Å². The highest BCUT2D eigenvalue weighted by molar-refractivity contribution is 6.31. The maximum atomic E-state index is 11.4. The molecule has 0 spiro atoms. The number of carbonyl (C=O) groups is 1. The summed E-state index contributed by atoms with van der Waals surface area (Å²) in [6.07, 6.45) is 1.02.